The molecule has 0 fully saturated rings. The molecule has 0 amide bonds. The minimum Gasteiger partial charge on any atom is -0.492 e. The van der Waals surface area contributed by atoms with Crippen LogP contribution in [-0.4, -0.2) is 12.3 Å². The smallest absolute Gasteiger partial charge is 0.130 e. The Bertz CT molecular complexity index is 1380. The highest BCUT2D eigenvalue weighted by atomic mass is 31.1. The lowest BCUT2D eigenvalue weighted by Crippen LogP contribution is -2.25. The van der Waals surface area contributed by atoms with Gasteiger partial charge in [-0.3, -0.25) is 4.99 Å². The van der Waals surface area contributed by atoms with Crippen LogP contribution in [0.5, 0.6) is 5.75 Å². The van der Waals surface area contributed by atoms with E-state index >= 15 is 0 Å². The van der Waals surface area contributed by atoms with Gasteiger partial charge in [-0.1, -0.05) is 117 Å². The summed E-state index contributed by atoms with van der Waals surface area (Å²) in [5.41, 5.74) is 7.15. The zero-order chi connectivity index (χ0) is 28.2. The number of benzene rings is 3. The summed E-state index contributed by atoms with van der Waals surface area (Å²) in [5, 5.41) is 2.62. The van der Waals surface area contributed by atoms with Gasteiger partial charge in [-0.05, 0) is 65.7 Å². The highest BCUT2D eigenvalue weighted by molar-refractivity contribution is 7.56. The van der Waals surface area contributed by atoms with Gasteiger partial charge in [-0.2, -0.15) is 0 Å². The first-order valence-electron chi connectivity index (χ1n) is 14.1. The SMILES string of the molecule is C/C(=N\c1ccccc1)c1cccc(C)c1Pc1cc(C(C)(C)C)cc(C(C)(C)C)c1OCC1C=CC=CC1. The fraction of sp³-hybridized carbons (Fsp3) is 0.361. The van der Waals surface area contributed by atoms with Gasteiger partial charge in [0.1, 0.15) is 5.75 Å². The summed E-state index contributed by atoms with van der Waals surface area (Å²) in [7, 11) is 0.459. The van der Waals surface area contributed by atoms with Crippen LogP contribution in [0.2, 0.25) is 0 Å². The summed E-state index contributed by atoms with van der Waals surface area (Å²) in [6.07, 6.45) is 9.79. The summed E-state index contributed by atoms with van der Waals surface area (Å²) >= 11 is 0. The second-order valence-corrected chi connectivity index (χ2v) is 14.0. The summed E-state index contributed by atoms with van der Waals surface area (Å²) in [5.74, 6) is 1.46. The molecule has 0 saturated heterocycles. The maximum Gasteiger partial charge on any atom is 0.130 e. The van der Waals surface area contributed by atoms with Crippen molar-refractivity contribution >= 4 is 30.6 Å². The Balaban J connectivity index is 1.84. The monoisotopic (exact) mass is 537 g/mol. The fourth-order valence-electron chi connectivity index (χ4n) is 4.84. The van der Waals surface area contributed by atoms with E-state index in [1.807, 2.05) is 18.2 Å². The van der Waals surface area contributed by atoms with Crippen LogP contribution in [0.4, 0.5) is 5.69 Å². The van der Waals surface area contributed by atoms with Gasteiger partial charge in [-0.25, -0.2) is 0 Å². The largest absolute Gasteiger partial charge is 0.492 e. The molecule has 4 rings (SSSR count). The lowest BCUT2D eigenvalue weighted by Gasteiger charge is -2.30. The van der Waals surface area contributed by atoms with Gasteiger partial charge in [0.25, 0.3) is 0 Å². The van der Waals surface area contributed by atoms with Crippen molar-refractivity contribution in [2.24, 2.45) is 10.9 Å². The van der Waals surface area contributed by atoms with Gasteiger partial charge < -0.3 is 4.74 Å². The molecule has 1 aliphatic carbocycles. The molecule has 0 heterocycles. The highest BCUT2D eigenvalue weighted by Gasteiger charge is 2.27. The molecule has 0 spiro atoms. The number of aliphatic imine (C=N–C) groups is 1. The molecular formula is C36H44NOP. The van der Waals surface area contributed by atoms with Crippen molar-refractivity contribution < 1.29 is 4.74 Å². The lowest BCUT2D eigenvalue weighted by molar-refractivity contribution is 0.271. The molecular weight excluding hydrogens is 493 g/mol. The lowest BCUT2D eigenvalue weighted by atomic mass is 9.80. The molecule has 3 aromatic rings. The van der Waals surface area contributed by atoms with Crippen molar-refractivity contribution in [1.82, 2.24) is 0 Å². The second kappa shape index (κ2) is 12.1. The average Bonchev–Trinajstić information content (AvgIpc) is 2.88. The van der Waals surface area contributed by atoms with Crippen molar-refractivity contribution in [3.05, 3.63) is 107 Å². The van der Waals surface area contributed by atoms with E-state index in [4.69, 9.17) is 9.73 Å². The van der Waals surface area contributed by atoms with E-state index in [1.165, 1.54) is 32.9 Å². The zero-order valence-electron chi connectivity index (χ0n) is 24.9. The summed E-state index contributed by atoms with van der Waals surface area (Å²) in [6.45, 7) is 18.8. The first-order chi connectivity index (χ1) is 18.4. The number of aryl methyl sites for hydroxylation is 1. The second-order valence-electron chi connectivity index (χ2n) is 12.7. The molecule has 3 aromatic carbocycles. The molecule has 2 atom stereocenters. The Labute approximate surface area is 238 Å². The van der Waals surface area contributed by atoms with Gasteiger partial charge in [0.2, 0.25) is 0 Å². The standard InChI is InChI=1S/C36H44NOP/c1-25-16-15-21-30(26(2)37-29-19-13-10-14-20-29)34(25)39-32-23-28(35(3,4)5)22-31(36(6,7)8)33(32)38-24-27-17-11-9-12-18-27/h9-17,19-23,27,39H,18,24H2,1-8H3/b37-26+. The van der Waals surface area contributed by atoms with E-state index in [0.717, 1.165) is 23.6 Å². The number of rotatable bonds is 7. The van der Waals surface area contributed by atoms with Crippen LogP contribution in [0.25, 0.3) is 0 Å². The maximum absolute atomic E-state index is 6.80. The third kappa shape index (κ3) is 7.37. The number of hydrogen-bond acceptors (Lipinski definition) is 2. The minimum atomic E-state index is -0.0443. The molecule has 0 N–H and O–H groups in total. The first-order valence-corrected chi connectivity index (χ1v) is 15.1. The molecule has 0 bridgehead atoms. The van der Waals surface area contributed by atoms with Crippen molar-refractivity contribution in [3.63, 3.8) is 0 Å². The number of nitrogens with zero attached hydrogens (tertiary/aromatic N) is 1. The van der Waals surface area contributed by atoms with Crippen LogP contribution in [0.15, 0.2) is 90.0 Å². The number of allylic oxidation sites excluding steroid dienone is 3. The highest BCUT2D eigenvalue weighted by Crippen LogP contribution is 2.38. The van der Waals surface area contributed by atoms with Crippen LogP contribution in [0, 0.1) is 12.8 Å². The predicted octanol–water partition coefficient (Wildman–Crippen LogP) is 8.87. The van der Waals surface area contributed by atoms with E-state index in [2.05, 4.69) is 122 Å². The van der Waals surface area contributed by atoms with Crippen molar-refractivity contribution in [1.29, 1.82) is 0 Å². The van der Waals surface area contributed by atoms with Crippen LogP contribution in [-0.2, 0) is 10.8 Å². The molecule has 1 aliphatic rings. The molecule has 2 nitrogen and oxygen atoms in total. The van der Waals surface area contributed by atoms with Gasteiger partial charge in [0.15, 0.2) is 0 Å². The maximum atomic E-state index is 6.80. The van der Waals surface area contributed by atoms with Crippen LogP contribution in [0.3, 0.4) is 0 Å². The van der Waals surface area contributed by atoms with Gasteiger partial charge in [-0.15, -0.1) is 0 Å². The molecule has 39 heavy (non-hydrogen) atoms. The Morgan fingerprint density at radius 3 is 2.31 bits per heavy atom. The van der Waals surface area contributed by atoms with Crippen molar-refractivity contribution in [2.45, 2.75) is 72.6 Å². The molecule has 0 aromatic heterocycles. The molecule has 2 unspecified atom stereocenters. The normalized spacial score (nSPS) is 16.3. The Morgan fingerprint density at radius 2 is 1.67 bits per heavy atom. The van der Waals surface area contributed by atoms with E-state index in [9.17, 15) is 0 Å². The van der Waals surface area contributed by atoms with Gasteiger partial charge in [0, 0.05) is 28.1 Å². The topological polar surface area (TPSA) is 21.6 Å². The average molecular weight is 538 g/mol. The number of hydrogen-bond donors (Lipinski definition) is 0. The summed E-state index contributed by atoms with van der Waals surface area (Å²) < 4.78 is 6.80. The minimum absolute atomic E-state index is 0.0356. The summed E-state index contributed by atoms with van der Waals surface area (Å²) in [6, 6.07) is 21.6. The summed E-state index contributed by atoms with van der Waals surface area (Å²) in [4.78, 5) is 4.98. The Kier molecular flexibility index (Phi) is 8.97. The molecule has 0 radical (unpaired) electrons. The number of ether oxygens (including phenoxy) is 1. The van der Waals surface area contributed by atoms with Gasteiger partial charge >= 0.3 is 0 Å². The molecule has 0 aliphatic heterocycles. The van der Waals surface area contributed by atoms with E-state index in [0.29, 0.717) is 21.1 Å². The molecule has 0 saturated carbocycles. The molecule has 3 heteroatoms. The first kappa shape index (κ1) is 29.0. The van der Waals surface area contributed by atoms with Crippen molar-refractivity contribution in [3.8, 4) is 5.75 Å². The number of para-hydroxylation sites is 1. The van der Waals surface area contributed by atoms with Crippen LogP contribution in [0.1, 0.15) is 77.1 Å². The zero-order valence-corrected chi connectivity index (χ0v) is 25.9. The van der Waals surface area contributed by atoms with E-state index < -0.39 is 0 Å². The Morgan fingerprint density at radius 1 is 0.923 bits per heavy atom. The third-order valence-corrected chi connectivity index (χ3v) is 8.80. The van der Waals surface area contributed by atoms with E-state index in [-0.39, 0.29) is 10.8 Å². The van der Waals surface area contributed by atoms with Crippen LogP contribution < -0.4 is 15.3 Å². The van der Waals surface area contributed by atoms with Crippen molar-refractivity contribution in [2.75, 3.05) is 6.61 Å². The third-order valence-electron chi connectivity index (χ3n) is 7.25. The van der Waals surface area contributed by atoms with Gasteiger partial charge in [0.05, 0.1) is 12.3 Å². The van der Waals surface area contributed by atoms with Crippen LogP contribution >= 0.6 is 8.58 Å². The quantitative estimate of drug-likeness (QED) is 0.218. The molecule has 204 valence electrons. The Hall–Kier alpha value is -2.96. The predicted molar refractivity (Wildman–Crippen MR) is 173 cm³/mol. The van der Waals surface area contributed by atoms with E-state index in [1.54, 1.807) is 0 Å². The fourth-order valence-corrected chi connectivity index (χ4v) is 6.34.